The maximum Gasteiger partial charge on any atom is 0.254 e. The number of benzene rings is 1. The first-order valence-corrected chi connectivity index (χ1v) is 9.54. The number of amides is 1. The third kappa shape index (κ3) is 3.29. The van der Waals surface area contributed by atoms with Crippen molar-refractivity contribution >= 4 is 5.91 Å². The summed E-state index contributed by atoms with van der Waals surface area (Å²) >= 11 is 0. The number of aromatic nitrogens is 4. The van der Waals surface area contributed by atoms with Gasteiger partial charge in [-0.15, -0.1) is 0 Å². The molecule has 7 nitrogen and oxygen atoms in total. The number of hydrogen-bond acceptors (Lipinski definition) is 5. The number of rotatable bonds is 5. The zero-order valence-corrected chi connectivity index (χ0v) is 16.0. The molecule has 1 aliphatic carbocycles. The molecule has 2 aromatic heterocycles. The highest BCUT2D eigenvalue weighted by molar-refractivity contribution is 5.95. The van der Waals surface area contributed by atoms with Crippen molar-refractivity contribution < 1.29 is 9.90 Å². The van der Waals surface area contributed by atoms with Crippen molar-refractivity contribution in [3.63, 3.8) is 0 Å². The van der Waals surface area contributed by atoms with E-state index < -0.39 is 6.10 Å². The van der Waals surface area contributed by atoms with Crippen LogP contribution in [0.5, 0.6) is 0 Å². The van der Waals surface area contributed by atoms with Crippen LogP contribution in [0.4, 0.5) is 0 Å². The van der Waals surface area contributed by atoms with Crippen LogP contribution in [-0.4, -0.2) is 43.4 Å². The third-order valence-electron chi connectivity index (χ3n) is 5.20. The summed E-state index contributed by atoms with van der Waals surface area (Å²) in [6, 6.07) is 8.27. The first-order valence-electron chi connectivity index (χ1n) is 9.54. The van der Waals surface area contributed by atoms with E-state index in [9.17, 15) is 9.90 Å². The summed E-state index contributed by atoms with van der Waals surface area (Å²) < 4.78 is 1.59. The lowest BCUT2D eigenvalue weighted by Crippen LogP contribution is -2.32. The first-order chi connectivity index (χ1) is 13.6. The number of aliphatic hydroxyl groups is 1. The van der Waals surface area contributed by atoms with Gasteiger partial charge >= 0.3 is 0 Å². The van der Waals surface area contributed by atoms with E-state index in [2.05, 4.69) is 27.5 Å². The molecule has 0 saturated carbocycles. The summed E-state index contributed by atoms with van der Waals surface area (Å²) in [4.78, 5) is 21.6. The SMILES string of the molecule is CC[C@H](O)CNC(=O)c1cnn(-c2ncc3c(n2)-c2ccccc2CC3)c1C. The molecule has 1 aromatic carbocycles. The van der Waals surface area contributed by atoms with Gasteiger partial charge in [-0.1, -0.05) is 31.2 Å². The Morgan fingerprint density at radius 3 is 2.86 bits per heavy atom. The van der Waals surface area contributed by atoms with Crippen molar-refractivity contribution in [2.24, 2.45) is 0 Å². The Hall–Kier alpha value is -3.06. The van der Waals surface area contributed by atoms with Crippen LogP contribution in [0.15, 0.2) is 36.7 Å². The van der Waals surface area contributed by atoms with E-state index in [0.717, 1.165) is 29.7 Å². The lowest BCUT2D eigenvalue weighted by molar-refractivity contribution is 0.0913. The largest absolute Gasteiger partial charge is 0.391 e. The fourth-order valence-electron chi connectivity index (χ4n) is 3.44. The van der Waals surface area contributed by atoms with Crippen molar-refractivity contribution in [3.8, 4) is 17.2 Å². The number of aliphatic hydroxyl groups excluding tert-OH is 1. The number of hydrogen-bond donors (Lipinski definition) is 2. The normalized spacial score (nSPS) is 13.5. The second-order valence-electron chi connectivity index (χ2n) is 7.03. The maximum atomic E-state index is 12.4. The predicted molar refractivity (Wildman–Crippen MR) is 105 cm³/mol. The van der Waals surface area contributed by atoms with Gasteiger partial charge in [0.1, 0.15) is 0 Å². The fourth-order valence-corrected chi connectivity index (χ4v) is 3.44. The molecule has 0 spiro atoms. The molecule has 1 aliphatic rings. The van der Waals surface area contributed by atoms with Crippen molar-refractivity contribution in [1.82, 2.24) is 25.1 Å². The van der Waals surface area contributed by atoms with Crippen LogP contribution in [0.1, 0.15) is 40.5 Å². The molecule has 4 rings (SSSR count). The Bertz CT molecular complexity index is 1030. The van der Waals surface area contributed by atoms with Crippen LogP contribution in [0.3, 0.4) is 0 Å². The second kappa shape index (κ2) is 7.52. The van der Waals surface area contributed by atoms with Gasteiger partial charge in [0.15, 0.2) is 0 Å². The predicted octanol–water partition coefficient (Wildman–Crippen LogP) is 2.24. The highest BCUT2D eigenvalue weighted by Gasteiger charge is 2.21. The molecular formula is C21H23N5O2. The van der Waals surface area contributed by atoms with Gasteiger partial charge < -0.3 is 10.4 Å². The van der Waals surface area contributed by atoms with Crippen molar-refractivity contribution in [3.05, 3.63) is 59.0 Å². The lowest BCUT2D eigenvalue weighted by Gasteiger charge is -2.19. The lowest BCUT2D eigenvalue weighted by atomic mass is 9.90. The quantitative estimate of drug-likeness (QED) is 0.711. The zero-order valence-electron chi connectivity index (χ0n) is 16.0. The van der Waals surface area contributed by atoms with Crippen molar-refractivity contribution in [1.29, 1.82) is 0 Å². The highest BCUT2D eigenvalue weighted by atomic mass is 16.3. The van der Waals surface area contributed by atoms with E-state index >= 15 is 0 Å². The molecule has 0 aliphatic heterocycles. The van der Waals surface area contributed by atoms with Gasteiger partial charge in [-0.25, -0.2) is 14.6 Å². The fraction of sp³-hybridized carbons (Fsp3) is 0.333. The molecule has 2 heterocycles. The minimum Gasteiger partial charge on any atom is -0.391 e. The standard InChI is InChI=1S/C21H23N5O2/c1-3-16(27)11-22-20(28)18-12-24-26(13(18)2)21-23-10-15-9-8-14-6-4-5-7-17(14)19(15)25-21/h4-7,10,12,16,27H,3,8-9,11H2,1-2H3,(H,22,28)/t16-/m0/s1. The molecular weight excluding hydrogens is 354 g/mol. The van der Waals surface area contributed by atoms with E-state index in [-0.39, 0.29) is 12.5 Å². The zero-order chi connectivity index (χ0) is 19.7. The summed E-state index contributed by atoms with van der Waals surface area (Å²) in [5, 5.41) is 16.7. The Balaban J connectivity index is 1.65. The van der Waals surface area contributed by atoms with Crippen LogP contribution < -0.4 is 5.32 Å². The van der Waals surface area contributed by atoms with Gasteiger partial charge in [0.2, 0.25) is 0 Å². The number of carbonyl (C=O) groups is 1. The summed E-state index contributed by atoms with van der Waals surface area (Å²) in [6.07, 6.45) is 5.30. The molecule has 144 valence electrons. The van der Waals surface area contributed by atoms with Gasteiger partial charge in [-0.05, 0) is 37.3 Å². The monoisotopic (exact) mass is 377 g/mol. The molecule has 28 heavy (non-hydrogen) atoms. The number of nitrogens with zero attached hydrogens (tertiary/aromatic N) is 4. The maximum absolute atomic E-state index is 12.4. The van der Waals surface area contributed by atoms with E-state index in [1.165, 1.54) is 11.8 Å². The van der Waals surface area contributed by atoms with Gasteiger partial charge in [0, 0.05) is 18.3 Å². The average molecular weight is 377 g/mol. The third-order valence-corrected chi connectivity index (χ3v) is 5.20. The van der Waals surface area contributed by atoms with Crippen LogP contribution in [0.2, 0.25) is 0 Å². The van der Waals surface area contributed by atoms with E-state index in [1.807, 2.05) is 32.2 Å². The molecule has 0 bridgehead atoms. The van der Waals surface area contributed by atoms with Crippen LogP contribution in [-0.2, 0) is 12.8 Å². The summed E-state index contributed by atoms with van der Waals surface area (Å²) in [5.74, 6) is 0.181. The molecule has 1 atom stereocenters. The Labute approximate surface area is 163 Å². The number of fused-ring (bicyclic) bond motifs is 3. The summed E-state index contributed by atoms with van der Waals surface area (Å²) in [6.45, 7) is 3.90. The molecule has 0 unspecified atom stereocenters. The highest BCUT2D eigenvalue weighted by Crippen LogP contribution is 2.31. The van der Waals surface area contributed by atoms with Crippen molar-refractivity contribution in [2.75, 3.05) is 6.54 Å². The van der Waals surface area contributed by atoms with Gasteiger partial charge in [-0.3, -0.25) is 4.79 Å². The number of carbonyl (C=O) groups excluding carboxylic acids is 1. The Morgan fingerprint density at radius 2 is 2.04 bits per heavy atom. The molecule has 0 fully saturated rings. The molecule has 0 radical (unpaired) electrons. The van der Waals surface area contributed by atoms with E-state index in [4.69, 9.17) is 4.98 Å². The average Bonchev–Trinajstić information content (AvgIpc) is 3.12. The molecule has 0 saturated heterocycles. The van der Waals surface area contributed by atoms with E-state index in [0.29, 0.717) is 23.6 Å². The second-order valence-corrected chi connectivity index (χ2v) is 7.03. The number of nitrogens with one attached hydrogen (secondary N) is 1. The summed E-state index contributed by atoms with van der Waals surface area (Å²) in [7, 11) is 0. The van der Waals surface area contributed by atoms with E-state index in [1.54, 1.807) is 4.68 Å². The minimum absolute atomic E-state index is 0.214. The van der Waals surface area contributed by atoms with Gasteiger partial charge in [0.25, 0.3) is 11.9 Å². The van der Waals surface area contributed by atoms with Gasteiger partial charge in [0.05, 0.1) is 29.3 Å². The van der Waals surface area contributed by atoms with Crippen LogP contribution in [0, 0.1) is 6.92 Å². The molecule has 3 aromatic rings. The van der Waals surface area contributed by atoms with Crippen LogP contribution >= 0.6 is 0 Å². The minimum atomic E-state index is -0.552. The first kappa shape index (κ1) is 18.3. The molecule has 2 N–H and O–H groups in total. The van der Waals surface area contributed by atoms with Gasteiger partial charge in [-0.2, -0.15) is 5.10 Å². The molecule has 1 amide bonds. The smallest absolute Gasteiger partial charge is 0.254 e. The molecule has 7 heteroatoms. The number of aryl methyl sites for hydroxylation is 2. The topological polar surface area (TPSA) is 92.9 Å². The van der Waals surface area contributed by atoms with Crippen LogP contribution in [0.25, 0.3) is 17.2 Å². The summed E-state index contributed by atoms with van der Waals surface area (Å²) in [5.41, 5.74) is 5.57. The Kier molecular flexibility index (Phi) is 4.92. The van der Waals surface area contributed by atoms with Crippen molar-refractivity contribution in [2.45, 2.75) is 39.2 Å². The Morgan fingerprint density at radius 1 is 1.25 bits per heavy atom.